The number of H-pyrrole nitrogens is 1. The smallest absolute Gasteiger partial charge is 0.261 e. The van der Waals surface area contributed by atoms with Crippen molar-refractivity contribution in [3.63, 3.8) is 0 Å². The molecule has 0 spiro atoms. The molecule has 6 heteroatoms. The summed E-state index contributed by atoms with van der Waals surface area (Å²) in [5, 5.41) is 6.21. The number of fused-ring (bicyclic) bond motifs is 1. The Balaban J connectivity index is 1.44. The van der Waals surface area contributed by atoms with Gasteiger partial charge < -0.3 is 15.6 Å². The summed E-state index contributed by atoms with van der Waals surface area (Å²) >= 11 is 0. The van der Waals surface area contributed by atoms with E-state index in [1.807, 2.05) is 38.1 Å². The molecule has 0 unspecified atom stereocenters. The van der Waals surface area contributed by atoms with Crippen LogP contribution in [0, 0.1) is 11.3 Å². The molecule has 1 aromatic heterocycles. The molecule has 1 amide bonds. The van der Waals surface area contributed by atoms with E-state index in [1.165, 1.54) is 31.7 Å². The average Bonchev–Trinajstić information content (AvgIpc) is 3.19. The fourth-order valence-corrected chi connectivity index (χ4v) is 4.54. The van der Waals surface area contributed by atoms with Crippen molar-refractivity contribution in [2.24, 2.45) is 11.3 Å². The van der Waals surface area contributed by atoms with Crippen LogP contribution in [0.15, 0.2) is 35.1 Å². The number of anilines is 2. The van der Waals surface area contributed by atoms with Crippen LogP contribution in [0.25, 0.3) is 0 Å². The number of nitrogens with one attached hydrogen (secondary N) is 3. The predicted molar refractivity (Wildman–Crippen MR) is 118 cm³/mol. The van der Waals surface area contributed by atoms with Gasteiger partial charge in [0.25, 0.3) is 11.5 Å². The molecule has 1 heterocycles. The van der Waals surface area contributed by atoms with Gasteiger partial charge in [-0.25, -0.2) is 0 Å². The Morgan fingerprint density at radius 2 is 1.73 bits per heavy atom. The lowest BCUT2D eigenvalue weighted by Crippen LogP contribution is -2.32. The van der Waals surface area contributed by atoms with E-state index in [0.717, 1.165) is 18.2 Å². The summed E-state index contributed by atoms with van der Waals surface area (Å²) in [6, 6.07) is 8.92. The Hall–Kier alpha value is -2.89. The number of ketones is 1. The molecule has 3 N–H and O–H groups in total. The van der Waals surface area contributed by atoms with E-state index < -0.39 is 11.5 Å². The fraction of sp³-hybridized carbons (Fsp3) is 0.458. The topological polar surface area (TPSA) is 91.1 Å². The molecule has 2 aromatic rings. The molecule has 0 atom stereocenters. The maximum atomic E-state index is 12.7. The van der Waals surface area contributed by atoms with Crippen LogP contribution in [0.1, 0.15) is 72.4 Å². The predicted octanol–water partition coefficient (Wildman–Crippen LogP) is 4.38. The van der Waals surface area contributed by atoms with Crippen LogP contribution in [0.3, 0.4) is 0 Å². The van der Waals surface area contributed by atoms with Crippen molar-refractivity contribution in [3.05, 3.63) is 57.5 Å². The zero-order valence-corrected chi connectivity index (χ0v) is 17.6. The van der Waals surface area contributed by atoms with Gasteiger partial charge in [0.05, 0.1) is 0 Å². The van der Waals surface area contributed by atoms with Gasteiger partial charge in [-0.3, -0.25) is 14.4 Å². The lowest BCUT2D eigenvalue weighted by atomic mass is 9.75. The van der Waals surface area contributed by atoms with Crippen LogP contribution in [-0.2, 0) is 6.42 Å². The van der Waals surface area contributed by atoms with Crippen molar-refractivity contribution < 1.29 is 9.59 Å². The quantitative estimate of drug-likeness (QED) is 0.686. The Bertz CT molecular complexity index is 1010. The van der Waals surface area contributed by atoms with E-state index in [-0.39, 0.29) is 16.8 Å². The zero-order chi connectivity index (χ0) is 21.3. The molecule has 0 radical (unpaired) electrons. The second-order valence-electron chi connectivity index (χ2n) is 9.41. The highest BCUT2D eigenvalue weighted by molar-refractivity contribution is 6.06. The number of Topliss-reactive ketones (excluding diaryl/α,β-unsaturated/α-hetero) is 1. The van der Waals surface area contributed by atoms with Crippen molar-refractivity contribution in [1.29, 1.82) is 0 Å². The van der Waals surface area contributed by atoms with Crippen LogP contribution in [0.5, 0.6) is 0 Å². The highest BCUT2D eigenvalue weighted by Gasteiger charge is 2.32. The molecule has 0 saturated heterocycles. The van der Waals surface area contributed by atoms with E-state index in [0.29, 0.717) is 29.8 Å². The second kappa shape index (κ2) is 8.09. The summed E-state index contributed by atoms with van der Waals surface area (Å²) in [5.74, 6) is 0.195. The minimum atomic E-state index is -0.511. The summed E-state index contributed by atoms with van der Waals surface area (Å²) in [7, 11) is 0. The highest BCUT2D eigenvalue weighted by Crippen LogP contribution is 2.33. The van der Waals surface area contributed by atoms with Crippen molar-refractivity contribution in [1.82, 2.24) is 4.98 Å². The number of rotatable bonds is 5. The van der Waals surface area contributed by atoms with Gasteiger partial charge in [0.2, 0.25) is 0 Å². The number of amides is 1. The summed E-state index contributed by atoms with van der Waals surface area (Å²) < 4.78 is 0. The van der Waals surface area contributed by atoms with Gasteiger partial charge >= 0.3 is 0 Å². The van der Waals surface area contributed by atoms with Gasteiger partial charge in [-0.15, -0.1) is 0 Å². The molecule has 158 valence electrons. The largest absolute Gasteiger partial charge is 0.385 e. The van der Waals surface area contributed by atoms with Crippen LogP contribution < -0.4 is 16.2 Å². The number of carbonyl (C=O) groups is 2. The third-order valence-corrected chi connectivity index (χ3v) is 6.17. The second-order valence-corrected chi connectivity index (χ2v) is 9.41. The fourth-order valence-electron chi connectivity index (χ4n) is 4.54. The lowest BCUT2D eigenvalue weighted by molar-refractivity contribution is 0.0910. The molecular formula is C24H29N3O3. The molecule has 1 aromatic carbocycles. The van der Waals surface area contributed by atoms with Gasteiger partial charge in [0.15, 0.2) is 5.78 Å². The van der Waals surface area contributed by atoms with Crippen molar-refractivity contribution in [2.45, 2.75) is 52.4 Å². The van der Waals surface area contributed by atoms with E-state index in [4.69, 9.17) is 0 Å². The summed E-state index contributed by atoms with van der Waals surface area (Å²) in [5.41, 5.74) is 2.00. The number of aromatic nitrogens is 1. The number of pyridine rings is 1. The average molecular weight is 408 g/mol. The molecule has 1 saturated carbocycles. The number of aromatic amines is 1. The third-order valence-electron chi connectivity index (χ3n) is 6.17. The van der Waals surface area contributed by atoms with E-state index in [1.54, 1.807) is 0 Å². The van der Waals surface area contributed by atoms with Crippen molar-refractivity contribution in [2.75, 3.05) is 17.2 Å². The standard InChI is InChI=1S/C24H29N3O3/c1-24(2)12-20-18(21(28)13-24)11-19(23(30)27-20)22(29)26-17-9-7-16(8-10-17)25-14-15-5-3-4-6-15/h7-11,15,25H,3-6,12-14H2,1-2H3,(H,26,29)(H,27,30). The maximum absolute atomic E-state index is 12.7. The van der Waals surface area contributed by atoms with Crippen molar-refractivity contribution in [3.8, 4) is 0 Å². The normalized spacial score (nSPS) is 18.1. The minimum Gasteiger partial charge on any atom is -0.385 e. The summed E-state index contributed by atoms with van der Waals surface area (Å²) in [6.07, 6.45) is 6.24. The first-order valence-corrected chi connectivity index (χ1v) is 10.8. The molecule has 0 bridgehead atoms. The Morgan fingerprint density at radius 1 is 1.07 bits per heavy atom. The lowest BCUT2D eigenvalue weighted by Gasteiger charge is -2.29. The Kier molecular flexibility index (Phi) is 5.50. The van der Waals surface area contributed by atoms with Crippen LogP contribution >= 0.6 is 0 Å². The molecule has 2 aliphatic carbocycles. The third kappa shape index (κ3) is 4.48. The molecule has 1 fully saturated rings. The molecular weight excluding hydrogens is 378 g/mol. The molecule has 6 nitrogen and oxygen atoms in total. The van der Waals surface area contributed by atoms with Gasteiger partial charge in [-0.1, -0.05) is 26.7 Å². The van der Waals surface area contributed by atoms with Crippen LogP contribution in [0.2, 0.25) is 0 Å². The number of carbonyl (C=O) groups excluding carboxylic acids is 2. The Labute approximate surface area is 176 Å². The molecule has 0 aliphatic heterocycles. The zero-order valence-electron chi connectivity index (χ0n) is 17.6. The van der Waals surface area contributed by atoms with Crippen LogP contribution in [-0.4, -0.2) is 23.2 Å². The van der Waals surface area contributed by atoms with Crippen LogP contribution in [0.4, 0.5) is 11.4 Å². The summed E-state index contributed by atoms with van der Waals surface area (Å²) in [4.78, 5) is 40.4. The minimum absolute atomic E-state index is 0.0368. The first-order chi connectivity index (χ1) is 14.3. The van der Waals surface area contributed by atoms with Gasteiger partial charge in [-0.05, 0) is 60.9 Å². The van der Waals surface area contributed by atoms with E-state index in [2.05, 4.69) is 15.6 Å². The van der Waals surface area contributed by atoms with Gasteiger partial charge in [0.1, 0.15) is 5.56 Å². The van der Waals surface area contributed by atoms with Gasteiger partial charge in [0, 0.05) is 35.6 Å². The maximum Gasteiger partial charge on any atom is 0.261 e. The monoisotopic (exact) mass is 407 g/mol. The highest BCUT2D eigenvalue weighted by atomic mass is 16.2. The number of hydrogen-bond acceptors (Lipinski definition) is 4. The summed E-state index contributed by atoms with van der Waals surface area (Å²) in [6.45, 7) is 4.97. The Morgan fingerprint density at radius 3 is 2.43 bits per heavy atom. The van der Waals surface area contributed by atoms with E-state index in [9.17, 15) is 14.4 Å². The number of benzene rings is 1. The van der Waals surface area contributed by atoms with Gasteiger partial charge in [-0.2, -0.15) is 0 Å². The molecule has 4 rings (SSSR count). The van der Waals surface area contributed by atoms with Crippen molar-refractivity contribution >= 4 is 23.1 Å². The molecule has 2 aliphatic rings. The number of hydrogen-bond donors (Lipinski definition) is 3. The molecule has 30 heavy (non-hydrogen) atoms. The SMILES string of the molecule is CC1(C)CC(=O)c2cc(C(=O)Nc3ccc(NCC4CCCC4)cc3)c(=O)[nH]c2C1. The van der Waals surface area contributed by atoms with E-state index >= 15 is 0 Å². The first kappa shape index (κ1) is 20.4. The first-order valence-electron chi connectivity index (χ1n) is 10.8.